The van der Waals surface area contributed by atoms with Crippen LogP contribution in [0.2, 0.25) is 0 Å². The highest BCUT2D eigenvalue weighted by Crippen LogP contribution is 2.29. The number of allylic oxidation sites excluding steroid dienone is 1. The van der Waals surface area contributed by atoms with Gasteiger partial charge in [0.05, 0.1) is 12.0 Å². The molecule has 0 aliphatic rings. The van der Waals surface area contributed by atoms with Crippen molar-refractivity contribution in [2.24, 2.45) is 0 Å². The average molecular weight is 269 g/mol. The van der Waals surface area contributed by atoms with Crippen LogP contribution in [-0.2, 0) is 4.79 Å². The summed E-state index contributed by atoms with van der Waals surface area (Å²) < 4.78 is 18.4. The van der Waals surface area contributed by atoms with Crippen LogP contribution in [0.5, 0.6) is 5.88 Å². The molecule has 0 bridgehead atoms. The fraction of sp³-hybridized carbons (Fsp3) is 0.273. The first-order valence-corrected chi connectivity index (χ1v) is 5.14. The average Bonchev–Trinajstić information content (AvgIpc) is 2.37. The molecule has 102 valence electrons. The Morgan fingerprint density at radius 2 is 2.16 bits per heavy atom. The van der Waals surface area contributed by atoms with Gasteiger partial charge in [-0.2, -0.15) is 0 Å². The molecule has 0 spiro atoms. The lowest BCUT2D eigenvalue weighted by Gasteiger charge is -2.16. The molecule has 0 N–H and O–H groups in total. The zero-order valence-corrected chi connectivity index (χ0v) is 10.6. The summed E-state index contributed by atoms with van der Waals surface area (Å²) in [4.78, 5) is 25.9. The maximum Gasteiger partial charge on any atom is 0.297 e. The minimum absolute atomic E-state index is 0.0276. The molecule has 0 radical (unpaired) electrons. The van der Waals surface area contributed by atoms with E-state index in [1.54, 1.807) is 0 Å². The largest absolute Gasteiger partial charge is 0.481 e. The fourth-order valence-electron chi connectivity index (χ4n) is 1.46. The molecule has 0 amide bonds. The van der Waals surface area contributed by atoms with Gasteiger partial charge in [0.25, 0.3) is 5.69 Å². The van der Waals surface area contributed by atoms with Gasteiger partial charge in [-0.15, -0.1) is 0 Å². The minimum atomic E-state index is -1.14. The summed E-state index contributed by atoms with van der Waals surface area (Å²) in [6, 6.07) is 2.43. The number of hydrogen-bond donors (Lipinski definition) is 0. The first-order valence-electron chi connectivity index (χ1n) is 5.14. The number of halogens is 1. The third-order valence-corrected chi connectivity index (χ3v) is 2.26. The van der Waals surface area contributed by atoms with Gasteiger partial charge in [0.2, 0.25) is 5.88 Å². The third kappa shape index (κ3) is 3.03. The van der Waals surface area contributed by atoms with Crippen molar-refractivity contribution in [1.29, 1.82) is 0 Å². The van der Waals surface area contributed by atoms with Gasteiger partial charge in [-0.3, -0.25) is 14.9 Å². The number of aromatic nitrogens is 1. The van der Waals surface area contributed by atoms with Crippen LogP contribution in [0.3, 0.4) is 0 Å². The lowest BCUT2D eigenvalue weighted by atomic mass is 10.2. The molecule has 0 fully saturated rings. The first-order chi connectivity index (χ1) is 8.92. The van der Waals surface area contributed by atoms with Crippen LogP contribution in [-0.4, -0.2) is 42.3 Å². The number of hydrogen-bond acceptors (Lipinski definition) is 6. The molecule has 0 unspecified atom stereocenters. The van der Waals surface area contributed by atoms with Crippen molar-refractivity contribution in [3.05, 3.63) is 33.8 Å². The number of carbonyl (C=O) groups excluding carboxylic acids is 1. The summed E-state index contributed by atoms with van der Waals surface area (Å²) in [7, 11) is 4.22. The summed E-state index contributed by atoms with van der Waals surface area (Å²) >= 11 is 0. The molecule has 1 heterocycles. The second kappa shape index (κ2) is 5.89. The van der Waals surface area contributed by atoms with Crippen molar-refractivity contribution in [2.45, 2.75) is 0 Å². The summed E-state index contributed by atoms with van der Waals surface area (Å²) in [5, 5.41) is 10.9. The molecule has 0 aromatic carbocycles. The molecule has 0 aliphatic heterocycles. The van der Waals surface area contributed by atoms with E-state index in [0.717, 1.165) is 6.07 Å². The SMILES string of the molecule is COc1ccc([N+](=O)[O-])c(C(=C(F)C=O)N(C)C)n1. The molecule has 19 heavy (non-hydrogen) atoms. The van der Waals surface area contributed by atoms with Gasteiger partial charge in [-0.25, -0.2) is 9.37 Å². The van der Waals surface area contributed by atoms with Gasteiger partial charge in [-0.1, -0.05) is 0 Å². The molecular weight excluding hydrogens is 257 g/mol. The smallest absolute Gasteiger partial charge is 0.297 e. The van der Waals surface area contributed by atoms with Crippen molar-refractivity contribution in [3.8, 4) is 5.88 Å². The van der Waals surface area contributed by atoms with Gasteiger partial charge in [-0.05, 0) is 0 Å². The molecule has 0 saturated carbocycles. The summed E-state index contributed by atoms with van der Waals surface area (Å²) in [6.07, 6.45) is -0.0276. The Balaban J connectivity index is 3.61. The van der Waals surface area contributed by atoms with Gasteiger partial charge in [0, 0.05) is 26.2 Å². The Labute approximate surface area is 108 Å². The highest BCUT2D eigenvalue weighted by atomic mass is 19.1. The second-order valence-corrected chi connectivity index (χ2v) is 3.69. The summed E-state index contributed by atoms with van der Waals surface area (Å²) in [5.74, 6) is -1.06. The van der Waals surface area contributed by atoms with E-state index in [1.807, 2.05) is 0 Å². The van der Waals surface area contributed by atoms with E-state index < -0.39 is 16.4 Å². The van der Waals surface area contributed by atoms with Crippen LogP contribution in [0.25, 0.3) is 5.70 Å². The molecule has 1 aromatic heterocycles. The quantitative estimate of drug-likeness (QED) is 0.347. The lowest BCUT2D eigenvalue weighted by molar-refractivity contribution is -0.385. The Morgan fingerprint density at radius 3 is 2.58 bits per heavy atom. The van der Waals surface area contributed by atoms with E-state index >= 15 is 0 Å². The van der Waals surface area contributed by atoms with Gasteiger partial charge in [0.15, 0.2) is 17.8 Å². The van der Waals surface area contributed by atoms with Gasteiger partial charge < -0.3 is 9.64 Å². The van der Waals surface area contributed by atoms with Crippen molar-refractivity contribution >= 4 is 17.7 Å². The first kappa shape index (κ1) is 14.6. The van der Waals surface area contributed by atoms with Crippen LogP contribution in [0, 0.1) is 10.1 Å². The molecule has 1 aromatic rings. The highest BCUT2D eigenvalue weighted by molar-refractivity contribution is 5.86. The molecule has 0 saturated heterocycles. The maximum atomic E-state index is 13.6. The second-order valence-electron chi connectivity index (χ2n) is 3.69. The Kier molecular flexibility index (Phi) is 4.51. The summed E-state index contributed by atoms with van der Waals surface area (Å²) in [5.41, 5.74) is -0.957. The monoisotopic (exact) mass is 269 g/mol. The normalized spacial score (nSPS) is 11.6. The van der Waals surface area contributed by atoms with Gasteiger partial charge in [0.1, 0.15) is 5.70 Å². The van der Waals surface area contributed by atoms with Crippen molar-refractivity contribution in [1.82, 2.24) is 9.88 Å². The van der Waals surface area contributed by atoms with E-state index in [4.69, 9.17) is 4.74 Å². The molecule has 8 heteroatoms. The Bertz CT molecular complexity index is 543. The maximum absolute atomic E-state index is 13.6. The number of nitro groups is 1. The zero-order chi connectivity index (χ0) is 14.6. The van der Waals surface area contributed by atoms with E-state index in [1.165, 1.54) is 32.2 Å². The third-order valence-electron chi connectivity index (χ3n) is 2.26. The van der Waals surface area contributed by atoms with E-state index in [2.05, 4.69) is 4.98 Å². The Hall–Kier alpha value is -2.51. The number of methoxy groups -OCH3 is 1. The van der Waals surface area contributed by atoms with Crippen LogP contribution < -0.4 is 4.74 Å². The van der Waals surface area contributed by atoms with E-state index in [9.17, 15) is 19.3 Å². The van der Waals surface area contributed by atoms with Crippen LogP contribution in [0.4, 0.5) is 10.1 Å². The topological polar surface area (TPSA) is 85.6 Å². The van der Waals surface area contributed by atoms with Crippen LogP contribution in [0.1, 0.15) is 5.69 Å². The predicted molar refractivity (Wildman–Crippen MR) is 65.2 cm³/mol. The molecule has 0 aliphatic carbocycles. The van der Waals surface area contributed by atoms with Crippen molar-refractivity contribution < 1.29 is 18.8 Å². The Morgan fingerprint density at radius 1 is 1.53 bits per heavy atom. The number of nitrogens with zero attached hydrogens (tertiary/aromatic N) is 3. The molecule has 0 atom stereocenters. The summed E-state index contributed by atoms with van der Waals surface area (Å²) in [6.45, 7) is 0. The lowest BCUT2D eigenvalue weighted by Crippen LogP contribution is -2.15. The number of rotatable bonds is 5. The standard InChI is InChI=1S/C11H12FN3O4/c1-14(2)11(7(12)6-16)10-8(15(17)18)4-5-9(13-10)19-3/h4-6H,1-3H3. The van der Waals surface area contributed by atoms with E-state index in [0.29, 0.717) is 0 Å². The van der Waals surface area contributed by atoms with Crippen molar-refractivity contribution in [3.63, 3.8) is 0 Å². The number of aldehydes is 1. The zero-order valence-electron chi connectivity index (χ0n) is 10.6. The number of pyridine rings is 1. The van der Waals surface area contributed by atoms with Crippen LogP contribution in [0.15, 0.2) is 18.0 Å². The molecular formula is C11H12FN3O4. The van der Waals surface area contributed by atoms with Gasteiger partial charge >= 0.3 is 0 Å². The fourth-order valence-corrected chi connectivity index (χ4v) is 1.46. The minimum Gasteiger partial charge on any atom is -0.481 e. The highest BCUT2D eigenvalue weighted by Gasteiger charge is 2.24. The molecule has 7 nitrogen and oxygen atoms in total. The van der Waals surface area contributed by atoms with E-state index in [-0.39, 0.29) is 23.6 Å². The molecule has 1 rings (SSSR count). The number of ether oxygens (including phenoxy) is 1. The number of carbonyl (C=O) groups is 1. The van der Waals surface area contributed by atoms with Crippen LogP contribution >= 0.6 is 0 Å². The predicted octanol–water partition coefficient (Wildman–Crippen LogP) is 1.40. The van der Waals surface area contributed by atoms with Crippen molar-refractivity contribution in [2.75, 3.05) is 21.2 Å².